The highest BCUT2D eigenvalue weighted by molar-refractivity contribution is 6.31. The van der Waals surface area contributed by atoms with E-state index in [0.717, 1.165) is 10.9 Å². The van der Waals surface area contributed by atoms with E-state index >= 15 is 0 Å². The molecule has 2 aromatic rings. The summed E-state index contributed by atoms with van der Waals surface area (Å²) in [5.74, 6) is -0.600. The lowest BCUT2D eigenvalue weighted by atomic mass is 9.97. The molecule has 0 saturated heterocycles. The Morgan fingerprint density at radius 2 is 2.09 bits per heavy atom. The summed E-state index contributed by atoms with van der Waals surface area (Å²) in [7, 11) is 0. The van der Waals surface area contributed by atoms with Crippen molar-refractivity contribution in [2.75, 3.05) is 6.54 Å². The predicted molar refractivity (Wildman–Crippen MR) is 86.9 cm³/mol. The molecule has 3 heterocycles. The Morgan fingerprint density at radius 1 is 1.26 bits per heavy atom. The zero-order valence-corrected chi connectivity index (χ0v) is 12.6. The van der Waals surface area contributed by atoms with Crippen LogP contribution in [0.3, 0.4) is 0 Å². The van der Waals surface area contributed by atoms with Crippen LogP contribution in [0.4, 0.5) is 0 Å². The highest BCUT2D eigenvalue weighted by Crippen LogP contribution is 2.35. The zero-order valence-electron chi connectivity index (χ0n) is 11.9. The Kier molecular flexibility index (Phi) is 2.92. The quantitative estimate of drug-likeness (QED) is 0.542. The largest absolute Gasteiger partial charge is 0.369 e. The first kappa shape index (κ1) is 13.8. The SMILES string of the molecule is NC1=NC(=O)C(=C2CCNC(=O)c3[nH]c4ccc(Cl)cc4c32)N1. The first-order valence-electron chi connectivity index (χ1n) is 7.03. The number of carbonyl (C=O) groups excluding carboxylic acids is 2. The lowest BCUT2D eigenvalue weighted by Gasteiger charge is -2.09. The van der Waals surface area contributed by atoms with E-state index < -0.39 is 5.91 Å². The van der Waals surface area contributed by atoms with E-state index in [4.69, 9.17) is 17.3 Å². The number of fused-ring (bicyclic) bond motifs is 3. The molecule has 0 radical (unpaired) electrons. The van der Waals surface area contributed by atoms with Gasteiger partial charge in [-0.15, -0.1) is 0 Å². The third kappa shape index (κ3) is 2.08. The number of hydrogen-bond acceptors (Lipinski definition) is 4. The zero-order chi connectivity index (χ0) is 16.1. The molecule has 2 aliphatic rings. The number of amides is 2. The van der Waals surface area contributed by atoms with Crippen LogP contribution in [0.2, 0.25) is 5.02 Å². The van der Waals surface area contributed by atoms with Crippen LogP contribution in [0.1, 0.15) is 22.5 Å². The number of aliphatic imine (C=N–C) groups is 1. The number of nitrogens with two attached hydrogens (primary N) is 1. The first-order valence-corrected chi connectivity index (χ1v) is 7.41. The average molecular weight is 330 g/mol. The van der Waals surface area contributed by atoms with Gasteiger partial charge in [0.1, 0.15) is 11.4 Å². The van der Waals surface area contributed by atoms with E-state index in [1.54, 1.807) is 18.2 Å². The highest BCUT2D eigenvalue weighted by Gasteiger charge is 2.30. The van der Waals surface area contributed by atoms with Crippen molar-refractivity contribution in [3.8, 4) is 0 Å². The van der Waals surface area contributed by atoms with Gasteiger partial charge in [-0.3, -0.25) is 9.59 Å². The van der Waals surface area contributed by atoms with Gasteiger partial charge in [0, 0.05) is 28.0 Å². The molecule has 0 unspecified atom stereocenters. The summed E-state index contributed by atoms with van der Waals surface area (Å²) >= 11 is 6.10. The van der Waals surface area contributed by atoms with E-state index in [2.05, 4.69) is 20.6 Å². The predicted octanol–water partition coefficient (Wildman–Crippen LogP) is 1.11. The smallest absolute Gasteiger partial charge is 0.296 e. The maximum atomic E-state index is 12.3. The Balaban J connectivity index is 2.05. The van der Waals surface area contributed by atoms with Gasteiger partial charge < -0.3 is 21.4 Å². The number of carbonyl (C=O) groups is 2. The summed E-state index contributed by atoms with van der Waals surface area (Å²) in [5.41, 5.74) is 8.44. The fraction of sp³-hybridized carbons (Fsp3) is 0.133. The van der Waals surface area contributed by atoms with Crippen LogP contribution < -0.4 is 16.4 Å². The molecule has 4 rings (SSSR count). The molecule has 0 fully saturated rings. The fourth-order valence-electron chi connectivity index (χ4n) is 2.99. The number of benzene rings is 1. The number of aromatic amines is 1. The van der Waals surface area contributed by atoms with Crippen molar-refractivity contribution in [3.05, 3.63) is 40.2 Å². The van der Waals surface area contributed by atoms with Gasteiger partial charge in [-0.25, -0.2) is 0 Å². The van der Waals surface area contributed by atoms with Crippen LogP contribution in [-0.2, 0) is 4.79 Å². The molecule has 116 valence electrons. The number of H-pyrrole nitrogens is 1. The second kappa shape index (κ2) is 4.85. The lowest BCUT2D eigenvalue weighted by molar-refractivity contribution is -0.114. The van der Waals surface area contributed by atoms with E-state index in [1.165, 1.54) is 0 Å². The monoisotopic (exact) mass is 329 g/mol. The maximum absolute atomic E-state index is 12.3. The van der Waals surface area contributed by atoms with Gasteiger partial charge in [-0.05, 0) is 30.2 Å². The molecule has 1 aromatic carbocycles. The Morgan fingerprint density at radius 3 is 2.83 bits per heavy atom. The van der Waals surface area contributed by atoms with Crippen molar-refractivity contribution in [1.29, 1.82) is 0 Å². The van der Waals surface area contributed by atoms with Gasteiger partial charge in [0.25, 0.3) is 11.8 Å². The third-order valence-corrected chi connectivity index (χ3v) is 4.18. The third-order valence-electron chi connectivity index (χ3n) is 3.94. The van der Waals surface area contributed by atoms with E-state index in [0.29, 0.717) is 40.5 Å². The van der Waals surface area contributed by atoms with Crippen LogP contribution >= 0.6 is 11.6 Å². The Hall–Kier alpha value is -2.80. The molecular weight excluding hydrogens is 318 g/mol. The van der Waals surface area contributed by atoms with Crippen LogP contribution in [0.25, 0.3) is 16.5 Å². The minimum Gasteiger partial charge on any atom is -0.369 e. The number of halogens is 1. The summed E-state index contributed by atoms with van der Waals surface area (Å²) in [4.78, 5) is 31.2. The molecular formula is C15H12ClN5O2. The topological polar surface area (TPSA) is 112 Å². The molecule has 0 spiro atoms. The summed E-state index contributed by atoms with van der Waals surface area (Å²) in [6, 6.07) is 5.32. The van der Waals surface area contributed by atoms with Crippen molar-refractivity contribution in [2.24, 2.45) is 10.7 Å². The number of nitrogens with one attached hydrogen (secondary N) is 3. The summed E-state index contributed by atoms with van der Waals surface area (Å²) in [6.45, 7) is 0.414. The van der Waals surface area contributed by atoms with E-state index in [-0.39, 0.29) is 11.9 Å². The molecule has 8 heteroatoms. The van der Waals surface area contributed by atoms with Gasteiger partial charge in [-0.2, -0.15) is 4.99 Å². The standard InChI is InChI=1S/C15H12ClN5O2/c16-6-1-2-9-8(5-6)10-7(11-14(23)21-15(17)20-11)3-4-18-13(22)12(10)19-9/h1-2,5,19H,3-4H2,(H,18,22)(H3,17,20,21,23). The lowest BCUT2D eigenvalue weighted by Crippen LogP contribution is -2.26. The molecule has 2 amide bonds. The van der Waals surface area contributed by atoms with Crippen molar-refractivity contribution in [1.82, 2.24) is 15.6 Å². The van der Waals surface area contributed by atoms with E-state index in [9.17, 15) is 9.59 Å². The fourth-order valence-corrected chi connectivity index (χ4v) is 3.16. The molecule has 23 heavy (non-hydrogen) atoms. The van der Waals surface area contributed by atoms with Crippen LogP contribution in [0.5, 0.6) is 0 Å². The summed E-state index contributed by atoms with van der Waals surface area (Å²) < 4.78 is 0. The number of guanidine groups is 1. The first-order chi connectivity index (χ1) is 11.0. The van der Waals surface area contributed by atoms with Crippen LogP contribution in [-0.4, -0.2) is 29.3 Å². The highest BCUT2D eigenvalue weighted by atomic mass is 35.5. The second-order valence-corrected chi connectivity index (χ2v) is 5.79. The molecule has 5 N–H and O–H groups in total. The normalized spacial score (nSPS) is 20.8. The summed E-state index contributed by atoms with van der Waals surface area (Å²) in [5, 5.41) is 6.94. The van der Waals surface area contributed by atoms with Gasteiger partial charge in [-0.1, -0.05) is 11.6 Å². The number of nitrogens with zero attached hydrogens (tertiary/aromatic N) is 1. The van der Waals surface area contributed by atoms with Crippen molar-refractivity contribution in [2.45, 2.75) is 6.42 Å². The average Bonchev–Trinajstić information content (AvgIpc) is 2.98. The van der Waals surface area contributed by atoms with Crippen LogP contribution in [0, 0.1) is 0 Å². The van der Waals surface area contributed by atoms with E-state index in [1.807, 2.05) is 0 Å². The molecule has 2 aliphatic heterocycles. The van der Waals surface area contributed by atoms with Crippen LogP contribution in [0.15, 0.2) is 28.9 Å². The van der Waals surface area contributed by atoms with Gasteiger partial charge in [0.05, 0.1) is 0 Å². The molecule has 0 saturated carbocycles. The van der Waals surface area contributed by atoms with Crippen molar-refractivity contribution in [3.63, 3.8) is 0 Å². The maximum Gasteiger partial charge on any atom is 0.296 e. The minimum atomic E-state index is -0.436. The Labute approximate surface area is 135 Å². The Bertz CT molecular complexity index is 941. The molecule has 0 atom stereocenters. The number of hydrogen-bond donors (Lipinski definition) is 4. The minimum absolute atomic E-state index is 0.0560. The van der Waals surface area contributed by atoms with Gasteiger partial charge in [0.2, 0.25) is 5.96 Å². The molecule has 7 nitrogen and oxygen atoms in total. The molecule has 0 aliphatic carbocycles. The van der Waals surface area contributed by atoms with Crippen molar-refractivity contribution >= 4 is 45.9 Å². The molecule has 1 aromatic heterocycles. The number of rotatable bonds is 0. The summed E-state index contributed by atoms with van der Waals surface area (Å²) in [6.07, 6.45) is 0.481. The van der Waals surface area contributed by atoms with Gasteiger partial charge >= 0.3 is 0 Å². The van der Waals surface area contributed by atoms with Gasteiger partial charge in [0.15, 0.2) is 0 Å². The number of aromatic nitrogens is 1. The van der Waals surface area contributed by atoms with Crippen molar-refractivity contribution < 1.29 is 9.59 Å². The molecule has 0 bridgehead atoms. The second-order valence-electron chi connectivity index (χ2n) is 5.35.